The Balaban J connectivity index is 4.24. The zero-order valence-corrected chi connectivity index (χ0v) is 37.4. The summed E-state index contributed by atoms with van der Waals surface area (Å²) >= 11 is 0. The normalized spacial score (nSPS) is 12.1. The van der Waals surface area contributed by atoms with Crippen LogP contribution in [0.4, 0.5) is 0 Å². The molecule has 0 saturated carbocycles. The van der Waals surface area contributed by atoms with Crippen LogP contribution in [0.2, 0.25) is 0 Å². The maximum Gasteiger partial charge on any atom is 0.306 e. The summed E-state index contributed by atoms with van der Waals surface area (Å²) in [5, 5.41) is 0. The third-order valence-electron chi connectivity index (χ3n) is 10.7. The highest BCUT2D eigenvalue weighted by molar-refractivity contribution is 5.71. The van der Waals surface area contributed by atoms with Gasteiger partial charge in [-0.15, -0.1) is 0 Å². The second kappa shape index (κ2) is 45.6. The summed E-state index contributed by atoms with van der Waals surface area (Å²) in [6, 6.07) is 0. The average molecular weight is 789 g/mol. The Bertz CT molecular complexity index is 911. The number of carbonyl (C=O) groups excluding carboxylic acids is 3. The van der Waals surface area contributed by atoms with Crippen LogP contribution in [0.15, 0.2) is 24.3 Å². The van der Waals surface area contributed by atoms with Crippen molar-refractivity contribution in [3.63, 3.8) is 0 Å². The highest BCUT2D eigenvalue weighted by Gasteiger charge is 2.19. The molecule has 0 aromatic heterocycles. The maximum atomic E-state index is 12.7. The van der Waals surface area contributed by atoms with E-state index < -0.39 is 6.10 Å². The number of ether oxygens (including phenoxy) is 3. The number of hydrogen-bond donors (Lipinski definition) is 0. The quantitative estimate of drug-likeness (QED) is 0.0265. The van der Waals surface area contributed by atoms with Crippen LogP contribution in [0.1, 0.15) is 258 Å². The Morgan fingerprint density at radius 3 is 1.02 bits per heavy atom. The minimum absolute atomic E-state index is 0.0686. The summed E-state index contributed by atoms with van der Waals surface area (Å²) < 4.78 is 16.7. The van der Waals surface area contributed by atoms with Crippen LogP contribution < -0.4 is 0 Å². The molecule has 0 amide bonds. The van der Waals surface area contributed by atoms with Gasteiger partial charge < -0.3 is 14.2 Å². The molecule has 0 aliphatic rings. The molecule has 6 heteroatoms. The lowest BCUT2D eigenvalue weighted by Crippen LogP contribution is -2.30. The van der Waals surface area contributed by atoms with Gasteiger partial charge in [-0.3, -0.25) is 14.4 Å². The predicted octanol–water partition coefficient (Wildman–Crippen LogP) is 15.6. The van der Waals surface area contributed by atoms with Gasteiger partial charge in [-0.05, 0) is 51.4 Å². The molecule has 0 aliphatic heterocycles. The van der Waals surface area contributed by atoms with E-state index in [1.807, 2.05) is 0 Å². The van der Waals surface area contributed by atoms with Crippen molar-refractivity contribution in [2.24, 2.45) is 0 Å². The van der Waals surface area contributed by atoms with Gasteiger partial charge in [-0.2, -0.15) is 0 Å². The molecule has 0 N–H and O–H groups in total. The number of allylic oxidation sites excluding steroid dienone is 4. The highest BCUT2D eigenvalue weighted by Crippen LogP contribution is 2.15. The number of esters is 3. The second-order valence-corrected chi connectivity index (χ2v) is 16.4. The zero-order valence-electron chi connectivity index (χ0n) is 37.4. The first-order valence-electron chi connectivity index (χ1n) is 24.3. The van der Waals surface area contributed by atoms with E-state index in [0.29, 0.717) is 19.3 Å². The fourth-order valence-electron chi connectivity index (χ4n) is 7.00. The maximum absolute atomic E-state index is 12.7. The third-order valence-corrected chi connectivity index (χ3v) is 10.7. The number of unbranched alkanes of at least 4 members (excludes halogenated alkanes) is 29. The van der Waals surface area contributed by atoms with Crippen LogP contribution in [0, 0.1) is 0 Å². The van der Waals surface area contributed by atoms with E-state index in [9.17, 15) is 14.4 Å². The highest BCUT2D eigenvalue weighted by atomic mass is 16.6. The number of hydrogen-bond acceptors (Lipinski definition) is 6. The van der Waals surface area contributed by atoms with Crippen molar-refractivity contribution in [2.75, 3.05) is 13.2 Å². The summed E-state index contributed by atoms with van der Waals surface area (Å²) in [6.07, 6.45) is 50.2. The van der Waals surface area contributed by atoms with Crippen molar-refractivity contribution in [3.05, 3.63) is 24.3 Å². The van der Waals surface area contributed by atoms with Crippen molar-refractivity contribution in [2.45, 2.75) is 264 Å². The Hall–Kier alpha value is -2.11. The molecule has 1 atom stereocenters. The molecule has 0 fully saturated rings. The molecule has 0 bridgehead atoms. The van der Waals surface area contributed by atoms with Crippen LogP contribution in [-0.2, 0) is 28.6 Å². The van der Waals surface area contributed by atoms with Gasteiger partial charge in [0.25, 0.3) is 0 Å². The van der Waals surface area contributed by atoms with Crippen LogP contribution in [0.25, 0.3) is 0 Å². The molecule has 6 nitrogen and oxygen atoms in total. The minimum atomic E-state index is -0.764. The molecule has 0 spiro atoms. The molecule has 328 valence electrons. The third kappa shape index (κ3) is 43.0. The molecular weight excluding hydrogens is 697 g/mol. The summed E-state index contributed by atoms with van der Waals surface area (Å²) in [7, 11) is 0. The van der Waals surface area contributed by atoms with Gasteiger partial charge in [0.1, 0.15) is 13.2 Å². The van der Waals surface area contributed by atoms with Crippen LogP contribution in [-0.4, -0.2) is 37.2 Å². The Morgan fingerprint density at radius 1 is 0.357 bits per heavy atom. The summed E-state index contributed by atoms with van der Waals surface area (Å²) in [5.41, 5.74) is 0. The molecule has 56 heavy (non-hydrogen) atoms. The first kappa shape index (κ1) is 53.9. The van der Waals surface area contributed by atoms with Crippen molar-refractivity contribution >= 4 is 17.9 Å². The fourth-order valence-corrected chi connectivity index (χ4v) is 7.00. The van der Waals surface area contributed by atoms with E-state index >= 15 is 0 Å². The van der Waals surface area contributed by atoms with Crippen LogP contribution in [0.3, 0.4) is 0 Å². The summed E-state index contributed by atoms with van der Waals surface area (Å²) in [6.45, 7) is 6.59. The number of rotatable bonds is 44. The van der Waals surface area contributed by atoms with Gasteiger partial charge in [0.05, 0.1) is 0 Å². The fraction of sp³-hybridized carbons (Fsp3) is 0.860. The van der Waals surface area contributed by atoms with Crippen molar-refractivity contribution < 1.29 is 28.6 Å². The smallest absolute Gasteiger partial charge is 0.306 e. The summed E-state index contributed by atoms with van der Waals surface area (Å²) in [5.74, 6) is -0.869. The molecule has 1 unspecified atom stereocenters. The molecule has 0 saturated heterocycles. The molecule has 0 aromatic rings. The molecule has 0 radical (unpaired) electrons. The lowest BCUT2D eigenvalue weighted by Gasteiger charge is -2.18. The SMILES string of the molecule is CCCCC/C=C\C/C=C\CCCCCCCCCCCC(=O)OCC(COC(=O)CCCCCCCCCCC)OC(=O)CCCCCCCCCCCC. The van der Waals surface area contributed by atoms with Gasteiger partial charge in [-0.1, -0.05) is 212 Å². The standard InChI is InChI=1S/C50H92O6/c1-4-7-10-13-16-19-21-22-23-24-25-26-27-28-29-32-34-37-40-43-49(52)55-46-47(45-54-48(51)42-39-36-33-30-18-15-12-9-6-3)56-50(53)44-41-38-35-31-20-17-14-11-8-5-2/h16,19,22-23,47H,4-15,17-18,20-21,24-46H2,1-3H3/b19-16-,23-22-. The molecule has 0 aliphatic carbocycles. The van der Waals surface area contributed by atoms with E-state index in [0.717, 1.165) is 64.2 Å². The minimum Gasteiger partial charge on any atom is -0.462 e. The molecular formula is C50H92O6. The first-order chi connectivity index (χ1) is 27.5. The van der Waals surface area contributed by atoms with E-state index in [4.69, 9.17) is 14.2 Å². The largest absolute Gasteiger partial charge is 0.462 e. The summed E-state index contributed by atoms with van der Waals surface area (Å²) in [4.78, 5) is 37.7. The monoisotopic (exact) mass is 789 g/mol. The Kier molecular flexibility index (Phi) is 43.9. The molecule has 0 heterocycles. The Labute approximate surface area is 347 Å². The van der Waals surface area contributed by atoms with E-state index in [2.05, 4.69) is 45.1 Å². The lowest BCUT2D eigenvalue weighted by molar-refractivity contribution is -0.167. The van der Waals surface area contributed by atoms with E-state index in [-0.39, 0.29) is 31.1 Å². The average Bonchev–Trinajstić information content (AvgIpc) is 3.19. The van der Waals surface area contributed by atoms with Crippen LogP contribution in [0.5, 0.6) is 0 Å². The Morgan fingerprint density at radius 2 is 0.643 bits per heavy atom. The van der Waals surface area contributed by atoms with Crippen molar-refractivity contribution in [3.8, 4) is 0 Å². The van der Waals surface area contributed by atoms with E-state index in [1.165, 1.54) is 154 Å². The van der Waals surface area contributed by atoms with Gasteiger partial charge >= 0.3 is 17.9 Å². The van der Waals surface area contributed by atoms with Crippen molar-refractivity contribution in [1.82, 2.24) is 0 Å². The number of carbonyl (C=O) groups is 3. The lowest BCUT2D eigenvalue weighted by atomic mass is 10.1. The second-order valence-electron chi connectivity index (χ2n) is 16.4. The van der Waals surface area contributed by atoms with Gasteiger partial charge in [0.2, 0.25) is 0 Å². The molecule has 0 aromatic carbocycles. The predicted molar refractivity (Wildman–Crippen MR) is 238 cm³/mol. The first-order valence-corrected chi connectivity index (χ1v) is 24.3. The van der Waals surface area contributed by atoms with Gasteiger partial charge in [0.15, 0.2) is 6.10 Å². The van der Waals surface area contributed by atoms with E-state index in [1.54, 1.807) is 0 Å². The van der Waals surface area contributed by atoms with Gasteiger partial charge in [-0.25, -0.2) is 0 Å². The van der Waals surface area contributed by atoms with Crippen molar-refractivity contribution in [1.29, 1.82) is 0 Å². The molecule has 0 rings (SSSR count). The van der Waals surface area contributed by atoms with Gasteiger partial charge in [0, 0.05) is 19.3 Å². The van der Waals surface area contributed by atoms with Crippen LogP contribution >= 0.6 is 0 Å². The zero-order chi connectivity index (χ0) is 40.8. The topological polar surface area (TPSA) is 78.9 Å².